The fourth-order valence-electron chi connectivity index (χ4n) is 2.33. The number of aryl methyl sites for hydroxylation is 1. The standard InChI is InChI=1S/C20H16N4OS/c1-2-18-23-24-20(26-18)22-19(25)17(13-21)12-14-8-10-16(11-9-14)15-6-4-3-5-7-15/h3-12H,2H2,1H3,(H,22,24,25). The van der Waals surface area contributed by atoms with E-state index in [9.17, 15) is 10.1 Å². The topological polar surface area (TPSA) is 78.7 Å². The number of nitrogens with zero attached hydrogens (tertiary/aromatic N) is 3. The van der Waals surface area contributed by atoms with Crippen LogP contribution in [0.1, 0.15) is 17.5 Å². The van der Waals surface area contributed by atoms with Crippen molar-refractivity contribution in [1.29, 1.82) is 5.26 Å². The lowest BCUT2D eigenvalue weighted by atomic mass is 10.0. The SMILES string of the molecule is CCc1nnc(NC(=O)C(C#N)=Cc2ccc(-c3ccccc3)cc2)s1. The van der Waals surface area contributed by atoms with E-state index in [0.717, 1.165) is 28.1 Å². The van der Waals surface area contributed by atoms with Gasteiger partial charge in [-0.1, -0.05) is 72.9 Å². The molecule has 6 heteroatoms. The molecule has 0 aliphatic heterocycles. The normalized spacial score (nSPS) is 11.0. The minimum absolute atomic E-state index is 0.0192. The van der Waals surface area contributed by atoms with Crippen molar-refractivity contribution in [3.05, 3.63) is 70.7 Å². The quantitative estimate of drug-likeness (QED) is 0.543. The van der Waals surface area contributed by atoms with Gasteiger partial charge in [0.25, 0.3) is 5.91 Å². The lowest BCUT2D eigenvalue weighted by Gasteiger charge is -2.03. The lowest BCUT2D eigenvalue weighted by Crippen LogP contribution is -2.13. The van der Waals surface area contributed by atoms with Crippen molar-refractivity contribution in [2.24, 2.45) is 0 Å². The minimum atomic E-state index is -0.488. The van der Waals surface area contributed by atoms with Crippen LogP contribution in [0.5, 0.6) is 0 Å². The number of rotatable bonds is 5. The number of hydrogen-bond acceptors (Lipinski definition) is 5. The summed E-state index contributed by atoms with van der Waals surface area (Å²) in [6, 6.07) is 19.6. The van der Waals surface area contributed by atoms with Crippen LogP contribution >= 0.6 is 11.3 Å². The predicted molar refractivity (Wildman–Crippen MR) is 103 cm³/mol. The molecule has 3 aromatic rings. The molecule has 1 N–H and O–H groups in total. The highest BCUT2D eigenvalue weighted by atomic mass is 32.1. The molecule has 1 heterocycles. The highest BCUT2D eigenvalue weighted by Crippen LogP contribution is 2.21. The Labute approximate surface area is 155 Å². The van der Waals surface area contributed by atoms with Crippen LogP contribution in [0.25, 0.3) is 17.2 Å². The second-order valence-corrected chi connectivity index (χ2v) is 6.53. The largest absolute Gasteiger partial charge is 0.296 e. The van der Waals surface area contributed by atoms with E-state index < -0.39 is 5.91 Å². The Balaban J connectivity index is 1.76. The van der Waals surface area contributed by atoms with Gasteiger partial charge in [-0.25, -0.2) is 0 Å². The summed E-state index contributed by atoms with van der Waals surface area (Å²) in [7, 11) is 0. The number of amides is 1. The first-order valence-corrected chi connectivity index (χ1v) is 8.92. The predicted octanol–water partition coefficient (Wildman–Crippen LogP) is 4.31. The summed E-state index contributed by atoms with van der Waals surface area (Å²) >= 11 is 1.30. The molecule has 5 nitrogen and oxygen atoms in total. The fraction of sp³-hybridized carbons (Fsp3) is 0.100. The van der Waals surface area contributed by atoms with Crippen LogP contribution in [-0.4, -0.2) is 16.1 Å². The zero-order chi connectivity index (χ0) is 18.4. The molecule has 1 aromatic heterocycles. The molecule has 0 fully saturated rings. The van der Waals surface area contributed by atoms with E-state index in [1.54, 1.807) is 6.08 Å². The van der Waals surface area contributed by atoms with Crippen molar-refractivity contribution in [2.45, 2.75) is 13.3 Å². The zero-order valence-corrected chi connectivity index (χ0v) is 15.0. The van der Waals surface area contributed by atoms with Gasteiger partial charge in [-0.05, 0) is 29.2 Å². The van der Waals surface area contributed by atoms with Gasteiger partial charge < -0.3 is 0 Å². The molecule has 128 valence electrons. The van der Waals surface area contributed by atoms with Crippen molar-refractivity contribution in [2.75, 3.05) is 5.32 Å². The molecular formula is C20H16N4OS. The summed E-state index contributed by atoms with van der Waals surface area (Å²) in [5.74, 6) is -0.488. The molecular weight excluding hydrogens is 344 g/mol. The third-order valence-electron chi connectivity index (χ3n) is 3.68. The van der Waals surface area contributed by atoms with Gasteiger partial charge in [0.05, 0.1) is 0 Å². The van der Waals surface area contributed by atoms with Gasteiger partial charge in [-0.2, -0.15) is 5.26 Å². The summed E-state index contributed by atoms with van der Waals surface area (Å²) in [5, 5.41) is 21.0. The Bertz CT molecular complexity index is 969. The maximum Gasteiger partial charge on any atom is 0.268 e. The molecule has 0 bridgehead atoms. The van der Waals surface area contributed by atoms with Crippen molar-refractivity contribution < 1.29 is 4.79 Å². The lowest BCUT2D eigenvalue weighted by molar-refractivity contribution is -0.112. The summed E-state index contributed by atoms with van der Waals surface area (Å²) in [4.78, 5) is 12.3. The Hall–Kier alpha value is -3.30. The van der Waals surface area contributed by atoms with Crippen molar-refractivity contribution in [3.8, 4) is 17.2 Å². The average Bonchev–Trinajstić information content (AvgIpc) is 3.14. The second kappa shape index (κ2) is 8.19. The minimum Gasteiger partial charge on any atom is -0.296 e. The molecule has 3 rings (SSSR count). The van der Waals surface area contributed by atoms with Crippen LogP contribution in [0.3, 0.4) is 0 Å². The van der Waals surface area contributed by atoms with Gasteiger partial charge in [0.15, 0.2) is 0 Å². The highest BCUT2D eigenvalue weighted by Gasteiger charge is 2.12. The molecule has 26 heavy (non-hydrogen) atoms. The zero-order valence-electron chi connectivity index (χ0n) is 14.1. The Kier molecular flexibility index (Phi) is 5.52. The van der Waals surface area contributed by atoms with Crippen LogP contribution in [0.4, 0.5) is 5.13 Å². The average molecular weight is 360 g/mol. The number of carbonyl (C=O) groups is 1. The fourth-order valence-corrected chi connectivity index (χ4v) is 3.00. The smallest absolute Gasteiger partial charge is 0.268 e. The number of carbonyl (C=O) groups excluding carboxylic acids is 1. The van der Waals surface area contributed by atoms with E-state index in [-0.39, 0.29) is 5.57 Å². The van der Waals surface area contributed by atoms with Gasteiger partial charge in [0.2, 0.25) is 5.13 Å². The maximum atomic E-state index is 12.3. The van der Waals surface area contributed by atoms with E-state index in [1.807, 2.05) is 67.6 Å². The van der Waals surface area contributed by atoms with Gasteiger partial charge in [0.1, 0.15) is 16.6 Å². The van der Waals surface area contributed by atoms with Crippen molar-refractivity contribution >= 4 is 28.5 Å². The van der Waals surface area contributed by atoms with Gasteiger partial charge in [0, 0.05) is 0 Å². The Morgan fingerprint density at radius 2 is 1.81 bits per heavy atom. The number of anilines is 1. The second-order valence-electron chi connectivity index (χ2n) is 5.47. The Morgan fingerprint density at radius 3 is 2.42 bits per heavy atom. The third-order valence-corrected chi connectivity index (χ3v) is 4.67. The van der Waals surface area contributed by atoms with Gasteiger partial charge in [-0.3, -0.25) is 10.1 Å². The molecule has 0 aliphatic carbocycles. The summed E-state index contributed by atoms with van der Waals surface area (Å²) in [5.41, 5.74) is 2.99. The first kappa shape index (κ1) is 17.5. The van der Waals surface area contributed by atoms with Crippen molar-refractivity contribution in [1.82, 2.24) is 10.2 Å². The van der Waals surface area contributed by atoms with Crippen LogP contribution < -0.4 is 5.32 Å². The van der Waals surface area contributed by atoms with Gasteiger partial charge >= 0.3 is 0 Å². The monoisotopic (exact) mass is 360 g/mol. The molecule has 0 saturated carbocycles. The van der Waals surface area contributed by atoms with Gasteiger partial charge in [-0.15, -0.1) is 10.2 Å². The molecule has 0 saturated heterocycles. The number of aromatic nitrogens is 2. The number of benzene rings is 2. The number of nitriles is 1. The van der Waals surface area contributed by atoms with E-state index in [1.165, 1.54) is 11.3 Å². The van der Waals surface area contributed by atoms with Crippen LogP contribution in [0.2, 0.25) is 0 Å². The van der Waals surface area contributed by atoms with E-state index >= 15 is 0 Å². The molecule has 0 atom stereocenters. The molecule has 0 spiro atoms. The number of hydrogen-bond donors (Lipinski definition) is 1. The van der Waals surface area contributed by atoms with E-state index in [0.29, 0.717) is 5.13 Å². The molecule has 2 aromatic carbocycles. The van der Waals surface area contributed by atoms with Crippen LogP contribution in [0, 0.1) is 11.3 Å². The van der Waals surface area contributed by atoms with E-state index in [4.69, 9.17) is 0 Å². The van der Waals surface area contributed by atoms with E-state index in [2.05, 4.69) is 15.5 Å². The first-order chi connectivity index (χ1) is 12.7. The molecule has 0 radical (unpaired) electrons. The highest BCUT2D eigenvalue weighted by molar-refractivity contribution is 7.15. The van der Waals surface area contributed by atoms with Crippen LogP contribution in [-0.2, 0) is 11.2 Å². The van der Waals surface area contributed by atoms with Crippen molar-refractivity contribution in [3.63, 3.8) is 0 Å². The first-order valence-electron chi connectivity index (χ1n) is 8.10. The summed E-state index contributed by atoms with van der Waals surface area (Å²) in [6.45, 7) is 1.96. The maximum absolute atomic E-state index is 12.3. The third kappa shape index (κ3) is 4.21. The number of nitrogens with one attached hydrogen (secondary N) is 1. The molecule has 1 amide bonds. The summed E-state index contributed by atoms with van der Waals surface area (Å²) < 4.78 is 0. The van der Waals surface area contributed by atoms with Crippen LogP contribution in [0.15, 0.2) is 60.2 Å². The molecule has 0 unspecified atom stereocenters. The summed E-state index contributed by atoms with van der Waals surface area (Å²) in [6.07, 6.45) is 2.31. The molecule has 0 aliphatic rings. The Morgan fingerprint density at radius 1 is 1.12 bits per heavy atom.